The Bertz CT molecular complexity index is 164. The molecule has 0 heterocycles. The third-order valence-corrected chi connectivity index (χ3v) is 1.50. The molecule has 0 aromatic rings. The Morgan fingerprint density at radius 1 is 1.50 bits per heavy atom. The minimum Gasteiger partial charge on any atom is -0.409 e. The van der Waals surface area contributed by atoms with Crippen molar-refractivity contribution in [3.63, 3.8) is 0 Å². The number of ether oxygens (including phenoxy) is 2. The largest absolute Gasteiger partial charge is 0.409 e. The van der Waals surface area contributed by atoms with E-state index in [9.17, 15) is 0 Å². The quantitative estimate of drug-likeness (QED) is 0.163. The lowest BCUT2D eigenvalue weighted by atomic mass is 10.4. The van der Waals surface area contributed by atoms with E-state index in [2.05, 4.69) is 5.16 Å². The molecule has 0 aliphatic rings. The van der Waals surface area contributed by atoms with Crippen LogP contribution in [0.15, 0.2) is 5.16 Å². The summed E-state index contributed by atoms with van der Waals surface area (Å²) in [6.45, 7) is 3.87. The van der Waals surface area contributed by atoms with Gasteiger partial charge in [-0.25, -0.2) is 0 Å². The molecule has 0 rings (SSSR count). The number of amidine groups is 1. The van der Waals surface area contributed by atoms with Crippen LogP contribution in [0.3, 0.4) is 0 Å². The molecule has 0 bridgehead atoms. The highest BCUT2D eigenvalue weighted by Gasteiger charge is 2.02. The normalized spacial score (nSPS) is 14.3. The lowest BCUT2D eigenvalue weighted by Gasteiger charge is -2.12. The Kier molecular flexibility index (Phi) is 8.20. The van der Waals surface area contributed by atoms with Crippen molar-refractivity contribution in [2.75, 3.05) is 26.4 Å². The Labute approximate surface area is 83.8 Å². The summed E-state index contributed by atoms with van der Waals surface area (Å²) < 4.78 is 10.5. The fourth-order valence-electron chi connectivity index (χ4n) is 0.795. The van der Waals surface area contributed by atoms with Gasteiger partial charge < -0.3 is 26.1 Å². The molecule has 0 fully saturated rings. The van der Waals surface area contributed by atoms with Crippen LogP contribution in [0.1, 0.15) is 13.3 Å². The van der Waals surface area contributed by atoms with Gasteiger partial charge in [-0.1, -0.05) is 5.16 Å². The molecular formula is C8H19N3O3. The predicted octanol–water partition coefficient (Wildman–Crippen LogP) is -0.497. The minimum absolute atomic E-state index is 0.00644. The molecule has 0 amide bonds. The molecule has 5 N–H and O–H groups in total. The highest BCUT2D eigenvalue weighted by molar-refractivity contribution is 5.79. The van der Waals surface area contributed by atoms with Crippen molar-refractivity contribution in [3.8, 4) is 0 Å². The molecule has 0 aromatic carbocycles. The second kappa shape index (κ2) is 8.74. The van der Waals surface area contributed by atoms with E-state index in [0.29, 0.717) is 32.8 Å². The van der Waals surface area contributed by atoms with Crippen molar-refractivity contribution in [3.05, 3.63) is 0 Å². The van der Waals surface area contributed by atoms with E-state index in [1.54, 1.807) is 0 Å². The van der Waals surface area contributed by atoms with Gasteiger partial charge in [0.15, 0.2) is 0 Å². The van der Waals surface area contributed by atoms with Crippen LogP contribution in [0.2, 0.25) is 0 Å². The molecular weight excluding hydrogens is 186 g/mol. The van der Waals surface area contributed by atoms with Crippen LogP contribution >= 0.6 is 0 Å². The first kappa shape index (κ1) is 13.2. The Morgan fingerprint density at radius 3 is 2.79 bits per heavy atom. The third-order valence-electron chi connectivity index (χ3n) is 1.50. The van der Waals surface area contributed by atoms with Crippen LogP contribution in [0.5, 0.6) is 0 Å². The average molecular weight is 205 g/mol. The summed E-state index contributed by atoms with van der Waals surface area (Å²) >= 11 is 0. The smallest absolute Gasteiger partial charge is 0.141 e. The summed E-state index contributed by atoms with van der Waals surface area (Å²) in [4.78, 5) is 0. The van der Waals surface area contributed by atoms with Crippen molar-refractivity contribution < 1.29 is 14.7 Å². The van der Waals surface area contributed by atoms with Crippen molar-refractivity contribution in [1.29, 1.82) is 0 Å². The number of oxime groups is 1. The van der Waals surface area contributed by atoms with Gasteiger partial charge in [0.2, 0.25) is 0 Å². The van der Waals surface area contributed by atoms with E-state index >= 15 is 0 Å². The fourth-order valence-corrected chi connectivity index (χ4v) is 0.795. The van der Waals surface area contributed by atoms with Gasteiger partial charge in [0.05, 0.1) is 25.9 Å². The maximum atomic E-state index is 8.24. The van der Waals surface area contributed by atoms with Gasteiger partial charge in [0.1, 0.15) is 5.84 Å². The molecule has 0 aliphatic heterocycles. The van der Waals surface area contributed by atoms with Crippen LogP contribution in [-0.4, -0.2) is 43.5 Å². The molecule has 0 radical (unpaired) electrons. The number of nitrogens with two attached hydrogens (primary N) is 2. The highest BCUT2D eigenvalue weighted by Crippen LogP contribution is 1.93. The Hall–Kier alpha value is -0.850. The lowest BCUT2D eigenvalue weighted by Crippen LogP contribution is -2.22. The summed E-state index contributed by atoms with van der Waals surface area (Å²) in [6, 6.07) is 0. The molecule has 6 nitrogen and oxygen atoms in total. The lowest BCUT2D eigenvalue weighted by molar-refractivity contribution is -0.00203. The molecule has 0 aliphatic carbocycles. The summed E-state index contributed by atoms with van der Waals surface area (Å²) in [5, 5.41) is 11.1. The number of rotatable bonds is 8. The topological polar surface area (TPSA) is 103 Å². The van der Waals surface area contributed by atoms with Crippen molar-refractivity contribution in [2.24, 2.45) is 16.6 Å². The molecule has 0 saturated carbocycles. The monoisotopic (exact) mass is 205 g/mol. The maximum Gasteiger partial charge on any atom is 0.141 e. The van der Waals surface area contributed by atoms with E-state index in [-0.39, 0.29) is 11.9 Å². The summed E-state index contributed by atoms with van der Waals surface area (Å²) in [5.41, 5.74) is 10.5. The van der Waals surface area contributed by atoms with E-state index in [0.717, 1.165) is 0 Å². The number of hydrogen-bond acceptors (Lipinski definition) is 5. The molecule has 1 atom stereocenters. The van der Waals surface area contributed by atoms with Gasteiger partial charge in [0, 0.05) is 13.0 Å². The highest BCUT2D eigenvalue weighted by atomic mass is 16.5. The molecule has 1 unspecified atom stereocenters. The van der Waals surface area contributed by atoms with Crippen LogP contribution < -0.4 is 11.5 Å². The number of nitrogens with zero attached hydrogens (tertiary/aromatic N) is 1. The molecule has 0 aromatic heterocycles. The first-order valence-electron chi connectivity index (χ1n) is 4.56. The van der Waals surface area contributed by atoms with Crippen LogP contribution in [0.25, 0.3) is 0 Å². The van der Waals surface area contributed by atoms with E-state index in [4.69, 9.17) is 26.1 Å². The Balaban J connectivity index is 3.30. The second-order valence-corrected chi connectivity index (χ2v) is 2.89. The van der Waals surface area contributed by atoms with E-state index in [1.807, 2.05) is 6.92 Å². The predicted molar refractivity (Wildman–Crippen MR) is 53.3 cm³/mol. The first-order valence-corrected chi connectivity index (χ1v) is 4.56. The molecule has 0 spiro atoms. The molecule has 84 valence electrons. The van der Waals surface area contributed by atoms with Gasteiger partial charge in [-0.3, -0.25) is 0 Å². The van der Waals surface area contributed by atoms with Crippen molar-refractivity contribution in [1.82, 2.24) is 0 Å². The zero-order valence-corrected chi connectivity index (χ0v) is 8.48. The number of hydrogen-bond donors (Lipinski definition) is 3. The van der Waals surface area contributed by atoms with Gasteiger partial charge >= 0.3 is 0 Å². The van der Waals surface area contributed by atoms with E-state index in [1.165, 1.54) is 0 Å². The van der Waals surface area contributed by atoms with Crippen LogP contribution in [0, 0.1) is 0 Å². The van der Waals surface area contributed by atoms with Gasteiger partial charge in [0.25, 0.3) is 0 Å². The maximum absolute atomic E-state index is 8.24. The zero-order chi connectivity index (χ0) is 10.8. The Morgan fingerprint density at radius 2 is 2.21 bits per heavy atom. The second-order valence-electron chi connectivity index (χ2n) is 2.89. The van der Waals surface area contributed by atoms with Gasteiger partial charge in [-0.2, -0.15) is 0 Å². The average Bonchev–Trinajstić information content (AvgIpc) is 2.18. The third kappa shape index (κ3) is 7.78. The summed E-state index contributed by atoms with van der Waals surface area (Å²) in [5.74, 6) is 0.167. The summed E-state index contributed by atoms with van der Waals surface area (Å²) in [6.07, 6.45) is 0.408. The SMILES string of the molecule is CC(COCCN)OCC/C(N)=N/O. The van der Waals surface area contributed by atoms with Gasteiger partial charge in [-0.05, 0) is 6.92 Å². The molecule has 0 saturated heterocycles. The van der Waals surface area contributed by atoms with Crippen molar-refractivity contribution in [2.45, 2.75) is 19.4 Å². The molecule has 6 heteroatoms. The fraction of sp³-hybridized carbons (Fsp3) is 0.875. The summed E-state index contributed by atoms with van der Waals surface area (Å²) in [7, 11) is 0. The van der Waals surface area contributed by atoms with Crippen LogP contribution in [-0.2, 0) is 9.47 Å². The zero-order valence-electron chi connectivity index (χ0n) is 8.48. The van der Waals surface area contributed by atoms with Crippen molar-refractivity contribution >= 4 is 5.84 Å². The molecule has 14 heavy (non-hydrogen) atoms. The minimum atomic E-state index is -0.00644. The first-order chi connectivity index (χ1) is 6.70. The van der Waals surface area contributed by atoms with E-state index < -0.39 is 0 Å². The standard InChI is InChI=1S/C8H19N3O3/c1-7(6-13-5-3-9)14-4-2-8(10)11-12/h7,12H,2-6,9H2,1H3,(H2,10,11). The van der Waals surface area contributed by atoms with Gasteiger partial charge in [-0.15, -0.1) is 0 Å². The van der Waals surface area contributed by atoms with Crippen LogP contribution in [0.4, 0.5) is 0 Å².